The number of nitriles is 1. The smallest absolute Gasteiger partial charge is 0.293 e. The molecule has 2 aliphatic heterocycles. The number of hydrogen-bond acceptors (Lipinski definition) is 7. The molecule has 1 N–H and O–H groups in total. The second kappa shape index (κ2) is 9.28. The Morgan fingerprint density at radius 3 is 2.53 bits per heavy atom. The summed E-state index contributed by atoms with van der Waals surface area (Å²) in [7, 11) is 0. The van der Waals surface area contributed by atoms with Crippen molar-refractivity contribution in [1.82, 2.24) is 4.90 Å². The average molecular weight is 452 g/mol. The molecular formula is C22H21N5O4S. The van der Waals surface area contributed by atoms with Crippen LogP contribution in [-0.2, 0) is 4.79 Å². The molecule has 0 radical (unpaired) electrons. The highest BCUT2D eigenvalue weighted by molar-refractivity contribution is 7.99. The third-order valence-electron chi connectivity index (χ3n) is 5.59. The van der Waals surface area contributed by atoms with Crippen LogP contribution >= 0.6 is 11.8 Å². The molecule has 2 aliphatic rings. The van der Waals surface area contributed by atoms with Crippen LogP contribution in [0.1, 0.15) is 28.8 Å². The van der Waals surface area contributed by atoms with Crippen molar-refractivity contribution in [3.63, 3.8) is 0 Å². The number of anilines is 2. The molecule has 4 rings (SSSR count). The van der Waals surface area contributed by atoms with Crippen LogP contribution in [0.4, 0.5) is 17.1 Å². The first-order valence-electron chi connectivity index (χ1n) is 10.2. The SMILES string of the molecule is N#Cc1ccc(NC(=O)C2CSCN2C(=O)c2ccc(N3CCCC3)c([N+](=O)[O-])c2)cc1. The number of amides is 2. The molecule has 10 heteroatoms. The summed E-state index contributed by atoms with van der Waals surface area (Å²) in [6.45, 7) is 1.52. The molecule has 2 amide bonds. The first kappa shape index (κ1) is 21.6. The van der Waals surface area contributed by atoms with Gasteiger partial charge in [-0.15, -0.1) is 11.8 Å². The summed E-state index contributed by atoms with van der Waals surface area (Å²) in [4.78, 5) is 40.6. The second-order valence-corrected chi connectivity index (χ2v) is 8.62. The van der Waals surface area contributed by atoms with Crippen LogP contribution in [0, 0.1) is 21.4 Å². The van der Waals surface area contributed by atoms with Gasteiger partial charge in [-0.3, -0.25) is 19.7 Å². The Labute approximate surface area is 189 Å². The zero-order chi connectivity index (χ0) is 22.7. The fourth-order valence-electron chi connectivity index (χ4n) is 3.91. The lowest BCUT2D eigenvalue weighted by atomic mass is 10.1. The highest BCUT2D eigenvalue weighted by Crippen LogP contribution is 2.33. The molecule has 9 nitrogen and oxygen atoms in total. The van der Waals surface area contributed by atoms with Crippen LogP contribution < -0.4 is 10.2 Å². The fourth-order valence-corrected chi connectivity index (χ4v) is 5.06. The Balaban J connectivity index is 1.52. The third-order valence-corrected chi connectivity index (χ3v) is 6.61. The molecule has 2 fully saturated rings. The van der Waals surface area contributed by atoms with Crippen molar-refractivity contribution in [3.05, 3.63) is 63.7 Å². The molecule has 164 valence electrons. The minimum Gasteiger partial charge on any atom is -0.366 e. The Kier molecular flexibility index (Phi) is 6.28. The Hall–Kier alpha value is -3.58. The van der Waals surface area contributed by atoms with E-state index in [2.05, 4.69) is 5.32 Å². The van der Waals surface area contributed by atoms with E-state index in [-0.39, 0.29) is 17.2 Å². The molecule has 0 spiro atoms. The summed E-state index contributed by atoms with van der Waals surface area (Å²) in [6, 6.07) is 12.3. The highest BCUT2D eigenvalue weighted by Gasteiger charge is 2.36. The molecule has 0 aliphatic carbocycles. The molecule has 1 atom stereocenters. The number of rotatable bonds is 5. The van der Waals surface area contributed by atoms with Gasteiger partial charge in [-0.1, -0.05) is 0 Å². The first-order valence-corrected chi connectivity index (χ1v) is 11.4. The Bertz CT molecular complexity index is 1090. The molecule has 0 saturated carbocycles. The summed E-state index contributed by atoms with van der Waals surface area (Å²) in [6.07, 6.45) is 1.97. The van der Waals surface area contributed by atoms with Gasteiger partial charge in [-0.05, 0) is 49.2 Å². The van der Waals surface area contributed by atoms with E-state index in [0.29, 0.717) is 28.6 Å². The van der Waals surface area contributed by atoms with Gasteiger partial charge in [0.15, 0.2) is 0 Å². The van der Waals surface area contributed by atoms with Crippen LogP contribution in [-0.4, -0.2) is 52.4 Å². The van der Waals surface area contributed by atoms with Crippen molar-refractivity contribution in [1.29, 1.82) is 5.26 Å². The van der Waals surface area contributed by atoms with Gasteiger partial charge in [0.2, 0.25) is 5.91 Å². The summed E-state index contributed by atoms with van der Waals surface area (Å²) < 4.78 is 0. The van der Waals surface area contributed by atoms with Crippen molar-refractivity contribution in [3.8, 4) is 6.07 Å². The van der Waals surface area contributed by atoms with Crippen molar-refractivity contribution < 1.29 is 14.5 Å². The van der Waals surface area contributed by atoms with E-state index in [1.54, 1.807) is 36.4 Å². The number of nitro benzene ring substituents is 1. The minimum absolute atomic E-state index is 0.0943. The topological polar surface area (TPSA) is 120 Å². The normalized spacial score (nSPS) is 17.8. The molecule has 2 aromatic rings. The van der Waals surface area contributed by atoms with Gasteiger partial charge in [0.05, 0.1) is 22.4 Å². The van der Waals surface area contributed by atoms with Crippen molar-refractivity contribution in [2.75, 3.05) is 34.9 Å². The number of hydrogen-bond donors (Lipinski definition) is 1. The first-order chi connectivity index (χ1) is 15.5. The molecule has 0 aromatic heterocycles. The lowest BCUT2D eigenvalue weighted by Gasteiger charge is -2.24. The molecule has 0 bridgehead atoms. The van der Waals surface area contributed by atoms with Crippen LogP contribution in [0.25, 0.3) is 0 Å². The van der Waals surface area contributed by atoms with E-state index in [9.17, 15) is 19.7 Å². The molecule has 2 heterocycles. The summed E-state index contributed by atoms with van der Waals surface area (Å²) in [5.41, 5.74) is 1.63. The van der Waals surface area contributed by atoms with Crippen LogP contribution in [0.15, 0.2) is 42.5 Å². The van der Waals surface area contributed by atoms with E-state index in [4.69, 9.17) is 5.26 Å². The molecule has 2 saturated heterocycles. The van der Waals surface area contributed by atoms with Gasteiger partial charge >= 0.3 is 0 Å². The van der Waals surface area contributed by atoms with E-state index < -0.39 is 16.9 Å². The summed E-state index contributed by atoms with van der Waals surface area (Å²) in [5.74, 6) is 0.00983. The number of thioether (sulfide) groups is 1. The third kappa shape index (κ3) is 4.38. The van der Waals surface area contributed by atoms with Gasteiger partial charge in [-0.25, -0.2) is 0 Å². The van der Waals surface area contributed by atoms with E-state index in [1.807, 2.05) is 11.0 Å². The maximum atomic E-state index is 13.2. The average Bonchev–Trinajstić information content (AvgIpc) is 3.51. The maximum absolute atomic E-state index is 13.2. The van der Waals surface area contributed by atoms with Crippen LogP contribution in [0.3, 0.4) is 0 Å². The van der Waals surface area contributed by atoms with Gasteiger partial charge in [-0.2, -0.15) is 5.26 Å². The molecule has 32 heavy (non-hydrogen) atoms. The zero-order valence-corrected chi connectivity index (χ0v) is 18.0. The Morgan fingerprint density at radius 2 is 1.88 bits per heavy atom. The fraction of sp³-hybridized carbons (Fsp3) is 0.318. The molecule has 1 unspecified atom stereocenters. The van der Waals surface area contributed by atoms with Crippen molar-refractivity contribution >= 4 is 40.6 Å². The standard InChI is InChI=1S/C22H21N5O4S/c23-12-15-3-6-17(7-4-15)24-21(28)20-13-32-14-26(20)22(29)16-5-8-18(19(11-16)27(30)31)25-9-1-2-10-25/h3-8,11,20H,1-2,9-10,13-14H2,(H,24,28). The minimum atomic E-state index is -0.694. The maximum Gasteiger partial charge on any atom is 0.293 e. The van der Waals surface area contributed by atoms with Gasteiger partial charge in [0.25, 0.3) is 11.6 Å². The van der Waals surface area contributed by atoms with E-state index in [1.165, 1.54) is 22.7 Å². The number of benzene rings is 2. The van der Waals surface area contributed by atoms with E-state index >= 15 is 0 Å². The largest absolute Gasteiger partial charge is 0.366 e. The Morgan fingerprint density at radius 1 is 1.16 bits per heavy atom. The summed E-state index contributed by atoms with van der Waals surface area (Å²) >= 11 is 1.45. The van der Waals surface area contributed by atoms with Crippen molar-refractivity contribution in [2.45, 2.75) is 18.9 Å². The lowest BCUT2D eigenvalue weighted by molar-refractivity contribution is -0.384. The van der Waals surface area contributed by atoms with Crippen molar-refractivity contribution in [2.24, 2.45) is 0 Å². The van der Waals surface area contributed by atoms with Gasteiger partial charge in [0, 0.05) is 36.2 Å². The highest BCUT2D eigenvalue weighted by atomic mass is 32.2. The van der Waals surface area contributed by atoms with E-state index in [0.717, 1.165) is 25.9 Å². The quantitative estimate of drug-likeness (QED) is 0.547. The molecular weight excluding hydrogens is 430 g/mol. The van der Waals surface area contributed by atoms with Crippen LogP contribution in [0.2, 0.25) is 0 Å². The predicted octanol–water partition coefficient (Wildman–Crippen LogP) is 3.22. The van der Waals surface area contributed by atoms with Crippen LogP contribution in [0.5, 0.6) is 0 Å². The zero-order valence-electron chi connectivity index (χ0n) is 17.2. The second-order valence-electron chi connectivity index (χ2n) is 7.62. The van der Waals surface area contributed by atoms with Gasteiger partial charge in [0.1, 0.15) is 11.7 Å². The summed E-state index contributed by atoms with van der Waals surface area (Å²) in [5, 5.41) is 23.3. The monoisotopic (exact) mass is 451 g/mol. The number of nitrogens with one attached hydrogen (secondary N) is 1. The van der Waals surface area contributed by atoms with Gasteiger partial charge < -0.3 is 15.1 Å². The number of carbonyl (C=O) groups is 2. The number of nitro groups is 1. The lowest BCUT2D eigenvalue weighted by Crippen LogP contribution is -2.44. The predicted molar refractivity (Wildman–Crippen MR) is 122 cm³/mol. The number of nitrogens with zero attached hydrogens (tertiary/aromatic N) is 4. The number of carbonyl (C=O) groups excluding carboxylic acids is 2. The molecule has 2 aromatic carbocycles.